The van der Waals surface area contributed by atoms with Gasteiger partial charge in [-0.05, 0) is 12.1 Å². The third-order valence-electron chi connectivity index (χ3n) is 2.56. The van der Waals surface area contributed by atoms with E-state index in [1.54, 1.807) is 25.7 Å². The number of para-hydroxylation sites is 1. The zero-order valence-corrected chi connectivity index (χ0v) is 10.6. The Morgan fingerprint density at radius 1 is 1.47 bits per heavy atom. The molecule has 1 aromatic carbocycles. The van der Waals surface area contributed by atoms with Gasteiger partial charge in [0.1, 0.15) is 5.75 Å². The van der Waals surface area contributed by atoms with Gasteiger partial charge >= 0.3 is 0 Å². The first kappa shape index (κ1) is 12.9. The molecule has 98 valence electrons. The van der Waals surface area contributed by atoms with Crippen molar-refractivity contribution in [1.29, 1.82) is 0 Å². The van der Waals surface area contributed by atoms with Crippen molar-refractivity contribution < 1.29 is 9.53 Å². The third kappa shape index (κ3) is 3.70. The van der Waals surface area contributed by atoms with Crippen LogP contribution in [-0.2, 0) is 11.3 Å². The molecule has 1 amide bonds. The molecule has 5 heteroatoms. The summed E-state index contributed by atoms with van der Waals surface area (Å²) in [6.45, 7) is 0.426. The predicted molar refractivity (Wildman–Crippen MR) is 72.5 cm³/mol. The molecule has 0 saturated heterocycles. The topological polar surface area (TPSA) is 67.0 Å². The van der Waals surface area contributed by atoms with Crippen LogP contribution in [0.15, 0.2) is 42.9 Å². The lowest BCUT2D eigenvalue weighted by atomic mass is 10.2. The fourth-order valence-corrected chi connectivity index (χ4v) is 1.59. The van der Waals surface area contributed by atoms with Crippen molar-refractivity contribution in [3.05, 3.63) is 54.1 Å². The van der Waals surface area contributed by atoms with Gasteiger partial charge in [-0.3, -0.25) is 4.79 Å². The Hall–Kier alpha value is -2.56. The Morgan fingerprint density at radius 3 is 3.05 bits per heavy atom. The quantitative estimate of drug-likeness (QED) is 0.802. The van der Waals surface area contributed by atoms with Gasteiger partial charge in [-0.25, -0.2) is 4.98 Å². The van der Waals surface area contributed by atoms with E-state index in [1.807, 2.05) is 24.3 Å². The minimum Gasteiger partial charge on any atom is -0.496 e. The number of hydrogen-bond acceptors (Lipinski definition) is 3. The summed E-state index contributed by atoms with van der Waals surface area (Å²) >= 11 is 0. The second-order valence-corrected chi connectivity index (χ2v) is 3.87. The highest BCUT2D eigenvalue weighted by atomic mass is 16.5. The van der Waals surface area contributed by atoms with Gasteiger partial charge in [-0.1, -0.05) is 18.2 Å². The maximum Gasteiger partial charge on any atom is 0.244 e. The lowest BCUT2D eigenvalue weighted by molar-refractivity contribution is -0.116. The summed E-state index contributed by atoms with van der Waals surface area (Å²) in [5.41, 5.74) is 1.72. The molecule has 19 heavy (non-hydrogen) atoms. The first-order chi connectivity index (χ1) is 9.29. The van der Waals surface area contributed by atoms with Gasteiger partial charge in [-0.2, -0.15) is 0 Å². The Morgan fingerprint density at radius 2 is 2.32 bits per heavy atom. The Bertz CT molecular complexity index is 562. The van der Waals surface area contributed by atoms with E-state index in [2.05, 4.69) is 15.3 Å². The maximum absolute atomic E-state index is 11.6. The van der Waals surface area contributed by atoms with Crippen molar-refractivity contribution in [1.82, 2.24) is 15.3 Å². The van der Waals surface area contributed by atoms with Crippen molar-refractivity contribution in [3.8, 4) is 5.75 Å². The molecule has 2 aromatic rings. The van der Waals surface area contributed by atoms with Crippen LogP contribution in [0.4, 0.5) is 0 Å². The summed E-state index contributed by atoms with van der Waals surface area (Å²) in [5.74, 6) is 0.570. The van der Waals surface area contributed by atoms with E-state index in [9.17, 15) is 4.79 Å². The van der Waals surface area contributed by atoms with Crippen molar-refractivity contribution in [3.63, 3.8) is 0 Å². The minimum absolute atomic E-state index is 0.166. The number of H-pyrrole nitrogens is 1. The van der Waals surface area contributed by atoms with E-state index in [0.29, 0.717) is 6.54 Å². The van der Waals surface area contributed by atoms with Crippen LogP contribution in [0.5, 0.6) is 5.75 Å². The van der Waals surface area contributed by atoms with Crippen molar-refractivity contribution in [2.75, 3.05) is 7.11 Å². The van der Waals surface area contributed by atoms with Crippen LogP contribution in [0.25, 0.3) is 6.08 Å². The van der Waals surface area contributed by atoms with Gasteiger partial charge < -0.3 is 15.0 Å². The molecule has 0 bridgehead atoms. The highest BCUT2D eigenvalue weighted by molar-refractivity contribution is 5.92. The molecule has 0 saturated carbocycles. The highest BCUT2D eigenvalue weighted by Crippen LogP contribution is 2.18. The lowest BCUT2D eigenvalue weighted by Gasteiger charge is -2.03. The molecule has 2 rings (SSSR count). The monoisotopic (exact) mass is 257 g/mol. The Labute approximate surface area is 111 Å². The van der Waals surface area contributed by atoms with Gasteiger partial charge in [0.15, 0.2) is 0 Å². The zero-order chi connectivity index (χ0) is 13.5. The van der Waals surface area contributed by atoms with Gasteiger partial charge in [0.25, 0.3) is 0 Å². The number of carbonyl (C=O) groups excluding carboxylic acids is 1. The largest absolute Gasteiger partial charge is 0.496 e. The molecule has 0 fully saturated rings. The number of amides is 1. The van der Waals surface area contributed by atoms with E-state index < -0.39 is 0 Å². The molecule has 0 spiro atoms. The molecule has 0 aliphatic carbocycles. The fourth-order valence-electron chi connectivity index (χ4n) is 1.59. The minimum atomic E-state index is -0.166. The molecule has 0 aliphatic rings. The third-order valence-corrected chi connectivity index (χ3v) is 2.56. The molecular formula is C14H15N3O2. The van der Waals surface area contributed by atoms with Crippen LogP contribution in [0.3, 0.4) is 0 Å². The number of ether oxygens (including phenoxy) is 1. The van der Waals surface area contributed by atoms with E-state index in [1.165, 1.54) is 6.08 Å². The van der Waals surface area contributed by atoms with Gasteiger partial charge in [-0.15, -0.1) is 0 Å². The molecule has 0 aliphatic heterocycles. The van der Waals surface area contributed by atoms with Crippen LogP contribution in [0, 0.1) is 0 Å². The average Bonchev–Trinajstić information content (AvgIpc) is 2.96. The average molecular weight is 257 g/mol. The van der Waals surface area contributed by atoms with Crippen LogP contribution < -0.4 is 10.1 Å². The standard InChI is InChI=1S/C14H15N3O2/c1-19-13-5-3-2-4-11(13)6-7-14(18)16-9-12-8-15-10-17-12/h2-8,10H,9H2,1H3,(H,15,17)(H,16,18). The van der Waals surface area contributed by atoms with Gasteiger partial charge in [0.2, 0.25) is 5.91 Å². The Kier molecular flexibility index (Phi) is 4.34. The summed E-state index contributed by atoms with van der Waals surface area (Å²) < 4.78 is 5.20. The normalized spacial score (nSPS) is 10.6. The van der Waals surface area contributed by atoms with Crippen LogP contribution in [-0.4, -0.2) is 23.0 Å². The molecule has 2 N–H and O–H groups in total. The van der Waals surface area contributed by atoms with E-state index >= 15 is 0 Å². The first-order valence-electron chi connectivity index (χ1n) is 5.86. The zero-order valence-electron chi connectivity index (χ0n) is 10.6. The lowest BCUT2D eigenvalue weighted by Crippen LogP contribution is -2.20. The number of nitrogens with one attached hydrogen (secondary N) is 2. The van der Waals surface area contributed by atoms with Crippen molar-refractivity contribution in [2.45, 2.75) is 6.54 Å². The Balaban J connectivity index is 1.92. The van der Waals surface area contributed by atoms with Gasteiger partial charge in [0.05, 0.1) is 25.7 Å². The first-order valence-corrected chi connectivity index (χ1v) is 5.86. The summed E-state index contributed by atoms with van der Waals surface area (Å²) in [7, 11) is 1.60. The number of imidazole rings is 1. The number of rotatable bonds is 5. The van der Waals surface area contributed by atoms with Gasteiger partial charge in [0, 0.05) is 17.8 Å². The molecule has 5 nitrogen and oxygen atoms in total. The molecule has 0 atom stereocenters. The van der Waals surface area contributed by atoms with Crippen LogP contribution in [0.1, 0.15) is 11.3 Å². The number of benzene rings is 1. The second-order valence-electron chi connectivity index (χ2n) is 3.87. The number of carbonyl (C=O) groups is 1. The van der Waals surface area contributed by atoms with E-state index in [-0.39, 0.29) is 5.91 Å². The summed E-state index contributed by atoms with van der Waals surface area (Å²) in [6.07, 6.45) is 6.45. The van der Waals surface area contributed by atoms with Crippen molar-refractivity contribution in [2.24, 2.45) is 0 Å². The number of methoxy groups -OCH3 is 1. The number of aromatic nitrogens is 2. The van der Waals surface area contributed by atoms with Crippen LogP contribution in [0.2, 0.25) is 0 Å². The highest BCUT2D eigenvalue weighted by Gasteiger charge is 2.00. The maximum atomic E-state index is 11.6. The van der Waals surface area contributed by atoms with Crippen molar-refractivity contribution >= 4 is 12.0 Å². The molecular weight excluding hydrogens is 242 g/mol. The smallest absolute Gasteiger partial charge is 0.244 e. The summed E-state index contributed by atoms with van der Waals surface area (Å²) in [4.78, 5) is 18.4. The molecule has 1 heterocycles. The number of nitrogens with zero attached hydrogens (tertiary/aromatic N) is 1. The SMILES string of the molecule is COc1ccccc1C=CC(=O)NCc1cnc[nH]1. The fraction of sp³-hybridized carbons (Fsp3) is 0.143. The number of hydrogen-bond donors (Lipinski definition) is 2. The van der Waals surface area contributed by atoms with E-state index in [0.717, 1.165) is 17.0 Å². The molecule has 0 unspecified atom stereocenters. The summed E-state index contributed by atoms with van der Waals surface area (Å²) in [5, 5.41) is 2.75. The number of aromatic amines is 1. The molecule has 1 aromatic heterocycles. The summed E-state index contributed by atoms with van der Waals surface area (Å²) in [6, 6.07) is 7.51. The van der Waals surface area contributed by atoms with Crippen LogP contribution >= 0.6 is 0 Å². The molecule has 0 radical (unpaired) electrons. The predicted octanol–water partition coefficient (Wildman–Crippen LogP) is 1.75. The van der Waals surface area contributed by atoms with E-state index in [4.69, 9.17) is 4.74 Å². The second kappa shape index (κ2) is 6.39.